The Labute approximate surface area is 114 Å². The van der Waals surface area contributed by atoms with Crippen molar-refractivity contribution in [2.75, 3.05) is 6.54 Å². The van der Waals surface area contributed by atoms with Gasteiger partial charge in [0, 0.05) is 11.4 Å². The van der Waals surface area contributed by atoms with Crippen LogP contribution < -0.4 is 5.32 Å². The third-order valence-corrected chi connectivity index (χ3v) is 3.34. The monoisotopic (exact) mass is 283 g/mol. The quantitative estimate of drug-likeness (QED) is 0.885. The molecule has 0 aliphatic heterocycles. The molecule has 19 heavy (non-hydrogen) atoms. The molecule has 1 N–H and O–H groups in total. The van der Waals surface area contributed by atoms with Crippen LogP contribution >= 0.6 is 11.5 Å². The van der Waals surface area contributed by atoms with Gasteiger partial charge in [0.15, 0.2) is 0 Å². The molecular formula is C13H15F2N3S. The summed E-state index contributed by atoms with van der Waals surface area (Å²) < 4.78 is 30.4. The predicted molar refractivity (Wildman–Crippen MR) is 71.0 cm³/mol. The summed E-state index contributed by atoms with van der Waals surface area (Å²) in [6, 6.07) is 3.56. The first kappa shape index (κ1) is 14.0. The number of aromatic nitrogens is 2. The van der Waals surface area contributed by atoms with E-state index in [1.807, 2.05) is 5.38 Å². The van der Waals surface area contributed by atoms with Gasteiger partial charge in [-0.3, -0.25) is 0 Å². The zero-order chi connectivity index (χ0) is 13.7. The smallest absolute Gasteiger partial charge is 0.129 e. The van der Waals surface area contributed by atoms with Gasteiger partial charge in [-0.2, -0.15) is 0 Å². The van der Waals surface area contributed by atoms with Gasteiger partial charge in [-0.15, -0.1) is 5.10 Å². The number of nitrogens with one attached hydrogen (secondary N) is 1. The van der Waals surface area contributed by atoms with Crippen LogP contribution in [0.4, 0.5) is 8.78 Å². The lowest BCUT2D eigenvalue weighted by Gasteiger charge is -2.16. The Hall–Kier alpha value is -1.40. The largest absolute Gasteiger partial charge is 0.308 e. The van der Waals surface area contributed by atoms with Gasteiger partial charge in [-0.1, -0.05) is 17.5 Å². The average Bonchev–Trinajstić information content (AvgIpc) is 2.90. The zero-order valence-electron chi connectivity index (χ0n) is 10.6. The van der Waals surface area contributed by atoms with Crippen LogP contribution in [0, 0.1) is 11.6 Å². The predicted octanol–water partition coefficient (Wildman–Crippen LogP) is 3.10. The van der Waals surface area contributed by atoms with E-state index in [0.29, 0.717) is 12.0 Å². The number of nitrogens with zero attached hydrogens (tertiary/aromatic N) is 2. The third-order valence-electron chi connectivity index (χ3n) is 2.81. The van der Waals surface area contributed by atoms with Gasteiger partial charge >= 0.3 is 0 Å². The molecule has 1 unspecified atom stereocenters. The Kier molecular flexibility index (Phi) is 4.93. The number of hydrogen-bond donors (Lipinski definition) is 1. The highest BCUT2D eigenvalue weighted by Crippen LogP contribution is 2.20. The fourth-order valence-corrected chi connectivity index (χ4v) is 2.34. The molecule has 0 aliphatic rings. The van der Waals surface area contributed by atoms with Crippen molar-refractivity contribution in [1.82, 2.24) is 14.9 Å². The molecule has 0 saturated heterocycles. The lowest BCUT2D eigenvalue weighted by molar-refractivity contribution is 0.499. The maximum Gasteiger partial charge on any atom is 0.129 e. The first-order valence-electron chi connectivity index (χ1n) is 6.15. The Morgan fingerprint density at radius 3 is 2.84 bits per heavy atom. The van der Waals surface area contributed by atoms with Crippen LogP contribution in [0.5, 0.6) is 0 Å². The molecule has 0 amide bonds. The molecule has 6 heteroatoms. The van der Waals surface area contributed by atoms with E-state index >= 15 is 0 Å². The van der Waals surface area contributed by atoms with E-state index in [1.54, 1.807) is 0 Å². The lowest BCUT2D eigenvalue weighted by atomic mass is 10.0. The number of rotatable bonds is 6. The maximum atomic E-state index is 13.7. The number of hydrogen-bond acceptors (Lipinski definition) is 4. The van der Waals surface area contributed by atoms with Gasteiger partial charge in [0.25, 0.3) is 0 Å². The molecule has 0 spiro atoms. The minimum absolute atomic E-state index is 0.0985. The molecule has 1 aromatic carbocycles. The van der Waals surface area contributed by atoms with Crippen LogP contribution in [-0.2, 0) is 6.42 Å². The molecule has 0 fully saturated rings. The van der Waals surface area contributed by atoms with Crippen molar-refractivity contribution in [2.45, 2.75) is 25.8 Å². The van der Waals surface area contributed by atoms with Crippen LogP contribution in [0.15, 0.2) is 23.6 Å². The van der Waals surface area contributed by atoms with E-state index in [4.69, 9.17) is 0 Å². The van der Waals surface area contributed by atoms with Crippen molar-refractivity contribution >= 4 is 11.5 Å². The minimum atomic E-state index is -0.561. The van der Waals surface area contributed by atoms with E-state index in [0.717, 1.165) is 24.7 Å². The van der Waals surface area contributed by atoms with Gasteiger partial charge in [0.1, 0.15) is 11.6 Å². The van der Waals surface area contributed by atoms with Gasteiger partial charge in [-0.05, 0) is 42.5 Å². The van der Waals surface area contributed by atoms with Crippen molar-refractivity contribution in [2.24, 2.45) is 0 Å². The molecule has 3 nitrogen and oxygen atoms in total. The molecule has 1 atom stereocenters. The summed E-state index contributed by atoms with van der Waals surface area (Å²) >= 11 is 1.26. The van der Waals surface area contributed by atoms with Crippen LogP contribution in [0.1, 0.15) is 30.6 Å². The molecule has 102 valence electrons. The summed E-state index contributed by atoms with van der Waals surface area (Å²) in [5, 5.41) is 9.17. The first-order valence-corrected chi connectivity index (χ1v) is 6.98. The van der Waals surface area contributed by atoms with Crippen LogP contribution in [0.2, 0.25) is 0 Å². The maximum absolute atomic E-state index is 13.7. The summed E-state index contributed by atoms with van der Waals surface area (Å²) in [5.74, 6) is -1.08. The van der Waals surface area contributed by atoms with Crippen molar-refractivity contribution < 1.29 is 8.78 Å². The number of benzene rings is 1. The molecular weight excluding hydrogens is 268 g/mol. The first-order chi connectivity index (χ1) is 9.20. The van der Waals surface area contributed by atoms with E-state index in [-0.39, 0.29) is 6.04 Å². The summed E-state index contributed by atoms with van der Waals surface area (Å²) in [6.45, 7) is 2.87. The fourth-order valence-electron chi connectivity index (χ4n) is 1.83. The van der Waals surface area contributed by atoms with E-state index in [9.17, 15) is 8.78 Å². The van der Waals surface area contributed by atoms with Crippen molar-refractivity contribution in [3.63, 3.8) is 0 Å². The second kappa shape index (κ2) is 6.68. The van der Waals surface area contributed by atoms with Gasteiger partial charge in [-0.25, -0.2) is 8.78 Å². The summed E-state index contributed by atoms with van der Waals surface area (Å²) in [5.41, 5.74) is 1.27. The molecule has 1 heterocycles. The van der Waals surface area contributed by atoms with E-state index < -0.39 is 11.6 Å². The standard InChI is InChI=1S/C13H15F2N3S/c1-2-5-16-12(13-8-19-18-17-13)6-9-3-4-10(14)7-11(9)15/h3-4,7-8,12,16H,2,5-6H2,1H3. The third kappa shape index (κ3) is 3.78. The highest BCUT2D eigenvalue weighted by Gasteiger charge is 2.16. The molecule has 0 saturated carbocycles. The summed E-state index contributed by atoms with van der Waals surface area (Å²) in [6.07, 6.45) is 1.40. The second-order valence-electron chi connectivity index (χ2n) is 4.28. The highest BCUT2D eigenvalue weighted by atomic mass is 32.1. The number of halogens is 2. The molecule has 0 aliphatic carbocycles. The molecule has 2 rings (SSSR count). The minimum Gasteiger partial charge on any atom is -0.308 e. The molecule has 2 aromatic rings. The second-order valence-corrected chi connectivity index (χ2v) is 4.89. The molecule has 1 aromatic heterocycles. The molecule has 0 bridgehead atoms. The topological polar surface area (TPSA) is 37.8 Å². The van der Waals surface area contributed by atoms with Crippen molar-refractivity contribution in [3.8, 4) is 0 Å². The summed E-state index contributed by atoms with van der Waals surface area (Å²) in [7, 11) is 0. The van der Waals surface area contributed by atoms with Crippen LogP contribution in [0.3, 0.4) is 0 Å². The van der Waals surface area contributed by atoms with Crippen LogP contribution in [0.25, 0.3) is 0 Å². The fraction of sp³-hybridized carbons (Fsp3) is 0.385. The Morgan fingerprint density at radius 1 is 1.37 bits per heavy atom. The van der Waals surface area contributed by atoms with Gasteiger partial charge in [0.05, 0.1) is 11.7 Å². The Morgan fingerprint density at radius 2 is 2.21 bits per heavy atom. The Bertz CT molecular complexity index is 517. The highest BCUT2D eigenvalue weighted by molar-refractivity contribution is 7.03. The zero-order valence-corrected chi connectivity index (χ0v) is 11.4. The van der Waals surface area contributed by atoms with Gasteiger partial charge in [0.2, 0.25) is 0 Å². The lowest BCUT2D eigenvalue weighted by Crippen LogP contribution is -2.24. The van der Waals surface area contributed by atoms with E-state index in [2.05, 4.69) is 21.8 Å². The van der Waals surface area contributed by atoms with Crippen molar-refractivity contribution in [1.29, 1.82) is 0 Å². The molecule has 0 radical (unpaired) electrons. The normalized spacial score (nSPS) is 12.6. The average molecular weight is 283 g/mol. The Balaban J connectivity index is 2.15. The SMILES string of the molecule is CCCNC(Cc1ccc(F)cc1F)c1csnn1. The summed E-state index contributed by atoms with van der Waals surface area (Å²) in [4.78, 5) is 0. The van der Waals surface area contributed by atoms with Crippen molar-refractivity contribution in [3.05, 3.63) is 46.5 Å². The van der Waals surface area contributed by atoms with Crippen LogP contribution in [-0.4, -0.2) is 16.1 Å². The van der Waals surface area contributed by atoms with Gasteiger partial charge < -0.3 is 5.32 Å². The van der Waals surface area contributed by atoms with E-state index in [1.165, 1.54) is 23.7 Å².